The molecule has 2 aromatic carbocycles. The lowest BCUT2D eigenvalue weighted by Gasteiger charge is -2.16. The number of amides is 1. The molecule has 132 valence electrons. The SMILES string of the molecule is COC(=O)c1ccc(CN(C)C(=O)c2cnn(-c3ccccc3)c2)cc1. The molecule has 3 aromatic rings. The first-order valence-electron chi connectivity index (χ1n) is 8.11. The lowest BCUT2D eigenvalue weighted by molar-refractivity contribution is 0.0600. The lowest BCUT2D eigenvalue weighted by Crippen LogP contribution is -2.25. The van der Waals surface area contributed by atoms with Crippen LogP contribution in [-0.2, 0) is 11.3 Å². The van der Waals surface area contributed by atoms with Gasteiger partial charge in [-0.2, -0.15) is 5.10 Å². The molecule has 0 radical (unpaired) electrons. The fourth-order valence-corrected chi connectivity index (χ4v) is 2.59. The van der Waals surface area contributed by atoms with Gasteiger partial charge in [-0.1, -0.05) is 30.3 Å². The quantitative estimate of drug-likeness (QED) is 0.665. The van der Waals surface area contributed by atoms with Gasteiger partial charge < -0.3 is 9.64 Å². The number of rotatable bonds is 5. The Morgan fingerprint density at radius 1 is 1.04 bits per heavy atom. The maximum atomic E-state index is 12.6. The van der Waals surface area contributed by atoms with Crippen molar-refractivity contribution in [1.29, 1.82) is 0 Å². The second-order valence-electron chi connectivity index (χ2n) is 5.86. The number of hydrogen-bond donors (Lipinski definition) is 0. The van der Waals surface area contributed by atoms with E-state index in [1.54, 1.807) is 41.2 Å². The van der Waals surface area contributed by atoms with Crippen LogP contribution in [-0.4, -0.2) is 40.7 Å². The Bertz CT molecular complexity index is 902. The van der Waals surface area contributed by atoms with Gasteiger partial charge in [0.25, 0.3) is 5.91 Å². The largest absolute Gasteiger partial charge is 0.465 e. The van der Waals surface area contributed by atoms with Crippen molar-refractivity contribution >= 4 is 11.9 Å². The van der Waals surface area contributed by atoms with Crippen LogP contribution >= 0.6 is 0 Å². The number of hydrogen-bond acceptors (Lipinski definition) is 4. The monoisotopic (exact) mass is 349 g/mol. The first-order chi connectivity index (χ1) is 12.6. The average molecular weight is 349 g/mol. The van der Waals surface area contributed by atoms with Gasteiger partial charge in [-0.05, 0) is 29.8 Å². The molecule has 1 aromatic heterocycles. The number of carbonyl (C=O) groups is 2. The number of methoxy groups -OCH3 is 1. The van der Waals surface area contributed by atoms with E-state index in [0.717, 1.165) is 11.3 Å². The van der Waals surface area contributed by atoms with Crippen LogP contribution in [0.3, 0.4) is 0 Å². The second-order valence-corrected chi connectivity index (χ2v) is 5.86. The minimum absolute atomic E-state index is 0.121. The molecule has 0 fully saturated rings. The molecule has 26 heavy (non-hydrogen) atoms. The van der Waals surface area contributed by atoms with Gasteiger partial charge in [0, 0.05) is 19.8 Å². The van der Waals surface area contributed by atoms with Gasteiger partial charge in [-0.25, -0.2) is 9.48 Å². The summed E-state index contributed by atoms with van der Waals surface area (Å²) < 4.78 is 6.35. The number of nitrogens with zero attached hydrogens (tertiary/aromatic N) is 3. The molecule has 6 heteroatoms. The standard InChI is InChI=1S/C20H19N3O3/c1-22(13-15-8-10-16(11-9-15)20(25)26-2)19(24)17-12-21-23(14-17)18-6-4-3-5-7-18/h3-12,14H,13H2,1-2H3. The Labute approximate surface area is 151 Å². The van der Waals surface area contributed by atoms with Crippen LogP contribution in [0.5, 0.6) is 0 Å². The highest BCUT2D eigenvalue weighted by atomic mass is 16.5. The van der Waals surface area contributed by atoms with E-state index in [1.807, 2.05) is 42.5 Å². The zero-order valence-electron chi connectivity index (χ0n) is 14.6. The highest BCUT2D eigenvalue weighted by Gasteiger charge is 2.15. The normalized spacial score (nSPS) is 10.4. The van der Waals surface area contributed by atoms with E-state index < -0.39 is 0 Å². The number of para-hydroxylation sites is 1. The Hall–Kier alpha value is -3.41. The maximum Gasteiger partial charge on any atom is 0.337 e. The molecular formula is C20H19N3O3. The summed E-state index contributed by atoms with van der Waals surface area (Å²) in [6.07, 6.45) is 3.28. The Kier molecular flexibility index (Phi) is 5.12. The summed E-state index contributed by atoms with van der Waals surface area (Å²) in [7, 11) is 3.08. The summed E-state index contributed by atoms with van der Waals surface area (Å²) in [5.74, 6) is -0.501. The van der Waals surface area contributed by atoms with Gasteiger partial charge in [0.15, 0.2) is 0 Å². The molecule has 6 nitrogen and oxygen atoms in total. The van der Waals surface area contributed by atoms with E-state index in [9.17, 15) is 9.59 Å². The summed E-state index contributed by atoms with van der Waals surface area (Å²) in [6, 6.07) is 16.6. The number of ether oxygens (including phenoxy) is 1. The van der Waals surface area contributed by atoms with Crippen molar-refractivity contribution < 1.29 is 14.3 Å². The van der Waals surface area contributed by atoms with E-state index in [4.69, 9.17) is 0 Å². The van der Waals surface area contributed by atoms with E-state index in [1.165, 1.54) is 7.11 Å². The summed E-state index contributed by atoms with van der Waals surface area (Å²) in [5, 5.41) is 4.26. The summed E-state index contributed by atoms with van der Waals surface area (Å²) in [4.78, 5) is 25.7. The molecular weight excluding hydrogens is 330 g/mol. The van der Waals surface area contributed by atoms with Crippen molar-refractivity contribution in [1.82, 2.24) is 14.7 Å². The van der Waals surface area contributed by atoms with Crippen LogP contribution in [0.2, 0.25) is 0 Å². The molecule has 0 aliphatic carbocycles. The van der Waals surface area contributed by atoms with Crippen LogP contribution in [0.25, 0.3) is 5.69 Å². The molecule has 1 amide bonds. The smallest absolute Gasteiger partial charge is 0.337 e. The van der Waals surface area contributed by atoms with Crippen LogP contribution in [0.1, 0.15) is 26.3 Å². The highest BCUT2D eigenvalue weighted by Crippen LogP contribution is 2.12. The second kappa shape index (κ2) is 7.65. The Morgan fingerprint density at radius 2 is 1.73 bits per heavy atom. The molecule has 0 N–H and O–H groups in total. The fraction of sp³-hybridized carbons (Fsp3) is 0.150. The van der Waals surface area contributed by atoms with E-state index in [0.29, 0.717) is 17.7 Å². The van der Waals surface area contributed by atoms with Crippen molar-refractivity contribution in [2.45, 2.75) is 6.54 Å². The molecule has 0 unspecified atom stereocenters. The third-order valence-electron chi connectivity index (χ3n) is 3.99. The van der Waals surface area contributed by atoms with Crippen LogP contribution in [0, 0.1) is 0 Å². The average Bonchev–Trinajstić information content (AvgIpc) is 3.18. The minimum Gasteiger partial charge on any atom is -0.465 e. The number of carbonyl (C=O) groups excluding carboxylic acids is 2. The van der Waals surface area contributed by atoms with E-state index in [2.05, 4.69) is 9.84 Å². The van der Waals surface area contributed by atoms with Crippen LogP contribution < -0.4 is 0 Å². The van der Waals surface area contributed by atoms with Gasteiger partial charge in [-0.3, -0.25) is 4.79 Å². The predicted molar refractivity (Wildman–Crippen MR) is 97.1 cm³/mol. The number of esters is 1. The fourth-order valence-electron chi connectivity index (χ4n) is 2.59. The first-order valence-corrected chi connectivity index (χ1v) is 8.11. The zero-order chi connectivity index (χ0) is 18.5. The van der Waals surface area contributed by atoms with E-state index >= 15 is 0 Å². The van der Waals surface area contributed by atoms with Gasteiger partial charge >= 0.3 is 5.97 Å². The van der Waals surface area contributed by atoms with Gasteiger partial charge in [0.05, 0.1) is 30.1 Å². The maximum absolute atomic E-state index is 12.6. The molecule has 0 aliphatic rings. The Morgan fingerprint density at radius 3 is 2.38 bits per heavy atom. The zero-order valence-corrected chi connectivity index (χ0v) is 14.6. The topological polar surface area (TPSA) is 64.4 Å². The van der Waals surface area contributed by atoms with Crippen molar-refractivity contribution in [3.8, 4) is 5.69 Å². The molecule has 0 atom stereocenters. The Balaban J connectivity index is 1.68. The third kappa shape index (κ3) is 3.80. The van der Waals surface area contributed by atoms with Crippen molar-refractivity contribution in [2.75, 3.05) is 14.2 Å². The van der Waals surface area contributed by atoms with E-state index in [-0.39, 0.29) is 11.9 Å². The molecule has 0 saturated heterocycles. The van der Waals surface area contributed by atoms with Crippen LogP contribution in [0.15, 0.2) is 67.0 Å². The molecule has 0 saturated carbocycles. The molecule has 0 aliphatic heterocycles. The number of benzene rings is 2. The third-order valence-corrected chi connectivity index (χ3v) is 3.99. The predicted octanol–water partition coefficient (Wildman–Crippen LogP) is 2.93. The molecule has 0 spiro atoms. The molecule has 3 rings (SSSR count). The van der Waals surface area contributed by atoms with Crippen molar-refractivity contribution in [2.24, 2.45) is 0 Å². The molecule has 1 heterocycles. The first kappa shape index (κ1) is 17.4. The summed E-state index contributed by atoms with van der Waals surface area (Å²) in [5.41, 5.74) is 2.81. The van der Waals surface area contributed by atoms with Crippen LogP contribution in [0.4, 0.5) is 0 Å². The summed E-state index contributed by atoms with van der Waals surface area (Å²) in [6.45, 7) is 0.427. The van der Waals surface area contributed by atoms with Gasteiger partial charge in [-0.15, -0.1) is 0 Å². The van der Waals surface area contributed by atoms with Crippen molar-refractivity contribution in [3.05, 3.63) is 83.7 Å². The highest BCUT2D eigenvalue weighted by molar-refractivity contribution is 5.93. The van der Waals surface area contributed by atoms with Crippen molar-refractivity contribution in [3.63, 3.8) is 0 Å². The lowest BCUT2D eigenvalue weighted by atomic mass is 10.1. The number of aromatic nitrogens is 2. The molecule has 0 bridgehead atoms. The summed E-state index contributed by atoms with van der Waals surface area (Å²) >= 11 is 0. The van der Waals surface area contributed by atoms with Gasteiger partial charge in [0.1, 0.15) is 0 Å². The minimum atomic E-state index is -0.380. The van der Waals surface area contributed by atoms with Gasteiger partial charge in [0.2, 0.25) is 0 Å².